The number of hydrogen-bond donors (Lipinski definition) is 2. The molecule has 2 heterocycles. The molecule has 0 unspecified atom stereocenters. The molecule has 8 nitrogen and oxygen atoms in total. The first kappa shape index (κ1) is 20.1. The lowest BCUT2D eigenvalue weighted by Crippen LogP contribution is -2.37. The minimum absolute atomic E-state index is 0. The lowest BCUT2D eigenvalue weighted by molar-refractivity contribution is -0.115. The van der Waals surface area contributed by atoms with Crippen molar-refractivity contribution in [2.75, 3.05) is 18.9 Å². The Bertz CT molecular complexity index is 800. The van der Waals surface area contributed by atoms with Crippen LogP contribution < -0.4 is 21.9 Å². The number of halogens is 2. The van der Waals surface area contributed by atoms with Crippen molar-refractivity contribution in [3.05, 3.63) is 33.1 Å². The van der Waals surface area contributed by atoms with Gasteiger partial charge in [0.15, 0.2) is 0 Å². The fraction of sp³-hybridized carbons (Fsp3) is 0.333. The van der Waals surface area contributed by atoms with Crippen LogP contribution in [-0.4, -0.2) is 33.6 Å². The largest absolute Gasteiger partial charge is 0.332 e. The Hall–Kier alpha value is -1.90. The third-order valence-electron chi connectivity index (χ3n) is 2.91. The highest BCUT2D eigenvalue weighted by molar-refractivity contribution is 5.93. The van der Waals surface area contributed by atoms with Crippen LogP contribution >= 0.6 is 24.8 Å². The van der Waals surface area contributed by atoms with Crippen LogP contribution in [0.25, 0.3) is 11.0 Å². The fourth-order valence-electron chi connectivity index (χ4n) is 1.90. The van der Waals surface area contributed by atoms with E-state index in [0.29, 0.717) is 5.69 Å². The van der Waals surface area contributed by atoms with Gasteiger partial charge in [0, 0.05) is 14.1 Å². The summed E-state index contributed by atoms with van der Waals surface area (Å²) in [6, 6.07) is 1.51. The van der Waals surface area contributed by atoms with Crippen molar-refractivity contribution in [3.63, 3.8) is 0 Å². The molecule has 0 saturated carbocycles. The predicted molar refractivity (Wildman–Crippen MR) is 89.3 cm³/mol. The van der Waals surface area contributed by atoms with Crippen molar-refractivity contribution in [1.29, 1.82) is 0 Å². The number of carbonyl (C=O) groups excluding carboxylic acids is 1. The van der Waals surface area contributed by atoms with Gasteiger partial charge >= 0.3 is 5.69 Å². The molecule has 22 heavy (non-hydrogen) atoms. The average molecular weight is 350 g/mol. The summed E-state index contributed by atoms with van der Waals surface area (Å²) in [6.07, 6.45) is 1.41. The van der Waals surface area contributed by atoms with Crippen LogP contribution in [0.4, 0.5) is 5.69 Å². The molecular weight excluding hydrogens is 333 g/mol. The molecule has 122 valence electrons. The van der Waals surface area contributed by atoms with Crippen molar-refractivity contribution in [2.45, 2.75) is 0 Å². The Morgan fingerprint density at radius 3 is 2.45 bits per heavy atom. The smallest absolute Gasteiger partial charge is 0.324 e. The summed E-state index contributed by atoms with van der Waals surface area (Å²) in [5, 5.41) is 5.61. The number of amides is 1. The van der Waals surface area contributed by atoms with Crippen LogP contribution in [-0.2, 0) is 18.9 Å². The molecule has 2 aromatic heterocycles. The van der Waals surface area contributed by atoms with Crippen molar-refractivity contribution in [1.82, 2.24) is 19.4 Å². The standard InChI is InChI=1S/C12H15N5O3.2ClH/c1-13-6-9(18)15-7-4-8-10(14-5-7)16(2)12(20)17(3)11(8)19;;/h4-5,13H,6H2,1-3H3,(H,15,18);2*1H. The summed E-state index contributed by atoms with van der Waals surface area (Å²) in [5.41, 5.74) is -0.194. The first-order valence-electron chi connectivity index (χ1n) is 5.96. The van der Waals surface area contributed by atoms with E-state index in [2.05, 4.69) is 15.6 Å². The lowest BCUT2D eigenvalue weighted by Gasteiger charge is -2.09. The van der Waals surface area contributed by atoms with Gasteiger partial charge < -0.3 is 10.6 Å². The van der Waals surface area contributed by atoms with Gasteiger partial charge in [-0.25, -0.2) is 9.78 Å². The van der Waals surface area contributed by atoms with Gasteiger partial charge in [-0.15, -0.1) is 24.8 Å². The number of nitrogens with zero attached hydrogens (tertiary/aromatic N) is 3. The molecule has 1 amide bonds. The highest BCUT2D eigenvalue weighted by Crippen LogP contribution is 2.11. The summed E-state index contributed by atoms with van der Waals surface area (Å²) in [5.74, 6) is -0.240. The van der Waals surface area contributed by atoms with Crippen molar-refractivity contribution in [2.24, 2.45) is 14.1 Å². The van der Waals surface area contributed by atoms with Gasteiger partial charge in [0.2, 0.25) is 5.91 Å². The predicted octanol–water partition coefficient (Wildman–Crippen LogP) is -0.366. The summed E-state index contributed by atoms with van der Waals surface area (Å²) in [6.45, 7) is 0.156. The molecule has 0 aliphatic carbocycles. The topological polar surface area (TPSA) is 98.0 Å². The van der Waals surface area contributed by atoms with E-state index in [1.54, 1.807) is 7.05 Å². The van der Waals surface area contributed by atoms with Gasteiger partial charge in [0.25, 0.3) is 5.56 Å². The third-order valence-corrected chi connectivity index (χ3v) is 2.91. The van der Waals surface area contributed by atoms with Crippen LogP contribution in [0, 0.1) is 0 Å². The molecule has 10 heteroatoms. The highest BCUT2D eigenvalue weighted by atomic mass is 35.5. The molecule has 0 fully saturated rings. The number of aryl methyl sites for hydroxylation is 1. The van der Waals surface area contributed by atoms with Gasteiger partial charge in [-0.3, -0.25) is 18.7 Å². The third kappa shape index (κ3) is 3.65. The van der Waals surface area contributed by atoms with Crippen LogP contribution in [0.1, 0.15) is 0 Å². The summed E-state index contributed by atoms with van der Waals surface area (Å²) >= 11 is 0. The second-order valence-electron chi connectivity index (χ2n) is 4.38. The van der Waals surface area contributed by atoms with E-state index in [1.165, 1.54) is 30.9 Å². The first-order valence-corrected chi connectivity index (χ1v) is 5.96. The molecule has 0 atom stereocenters. The van der Waals surface area contributed by atoms with Gasteiger partial charge in [-0.05, 0) is 13.1 Å². The number of likely N-dealkylation sites (N-methyl/N-ethyl adjacent to an activating group) is 1. The first-order chi connectivity index (χ1) is 9.45. The second-order valence-corrected chi connectivity index (χ2v) is 4.38. The molecular formula is C12H17Cl2N5O3. The van der Waals surface area contributed by atoms with Crippen molar-refractivity contribution < 1.29 is 4.79 Å². The molecule has 0 aliphatic rings. The molecule has 0 aromatic carbocycles. The number of fused-ring (bicyclic) bond motifs is 1. The van der Waals surface area contributed by atoms with Crippen LogP contribution in [0.15, 0.2) is 21.9 Å². The molecule has 0 spiro atoms. The van der Waals surface area contributed by atoms with Crippen molar-refractivity contribution in [3.8, 4) is 0 Å². The van der Waals surface area contributed by atoms with Crippen molar-refractivity contribution >= 4 is 47.4 Å². The maximum Gasteiger partial charge on any atom is 0.332 e. The van der Waals surface area contributed by atoms with E-state index in [1.807, 2.05) is 0 Å². The van der Waals surface area contributed by atoms with Crippen LogP contribution in [0.2, 0.25) is 0 Å². The minimum Gasteiger partial charge on any atom is -0.324 e. The van der Waals surface area contributed by atoms with E-state index < -0.39 is 11.2 Å². The Morgan fingerprint density at radius 2 is 1.86 bits per heavy atom. The summed E-state index contributed by atoms with van der Waals surface area (Å²) < 4.78 is 2.29. The van der Waals surface area contributed by atoms with E-state index in [9.17, 15) is 14.4 Å². The molecule has 0 radical (unpaired) electrons. The number of pyridine rings is 1. The van der Waals surface area contributed by atoms with E-state index in [0.717, 1.165) is 4.57 Å². The number of anilines is 1. The molecule has 2 aromatic rings. The van der Waals surface area contributed by atoms with Gasteiger partial charge in [-0.2, -0.15) is 0 Å². The number of rotatable bonds is 3. The SMILES string of the molecule is CNCC(=O)Nc1cnc2c(c1)c(=O)n(C)c(=O)n2C.Cl.Cl. The quantitative estimate of drug-likeness (QED) is 0.788. The summed E-state index contributed by atoms with van der Waals surface area (Å²) in [7, 11) is 4.59. The van der Waals surface area contributed by atoms with E-state index in [4.69, 9.17) is 0 Å². The van der Waals surface area contributed by atoms with E-state index in [-0.39, 0.29) is 48.3 Å². The molecule has 0 saturated heterocycles. The number of carbonyl (C=O) groups is 1. The Labute approximate surface area is 138 Å². The molecule has 0 bridgehead atoms. The zero-order chi connectivity index (χ0) is 14.9. The zero-order valence-corrected chi connectivity index (χ0v) is 13.9. The lowest BCUT2D eigenvalue weighted by atomic mass is 10.3. The highest BCUT2D eigenvalue weighted by Gasteiger charge is 2.11. The van der Waals surface area contributed by atoms with Crippen LogP contribution in [0.5, 0.6) is 0 Å². The molecule has 2 rings (SSSR count). The zero-order valence-electron chi connectivity index (χ0n) is 12.2. The van der Waals surface area contributed by atoms with Crippen LogP contribution in [0.3, 0.4) is 0 Å². The van der Waals surface area contributed by atoms with E-state index >= 15 is 0 Å². The minimum atomic E-state index is -0.444. The normalized spacial score (nSPS) is 9.77. The number of hydrogen-bond acceptors (Lipinski definition) is 5. The monoisotopic (exact) mass is 349 g/mol. The fourth-order valence-corrected chi connectivity index (χ4v) is 1.90. The average Bonchev–Trinajstić information content (AvgIpc) is 2.43. The Morgan fingerprint density at radius 1 is 1.23 bits per heavy atom. The van der Waals surface area contributed by atoms with Gasteiger partial charge in [0.05, 0.1) is 23.8 Å². The number of aromatic nitrogens is 3. The van der Waals surface area contributed by atoms with Gasteiger partial charge in [-0.1, -0.05) is 0 Å². The molecule has 2 N–H and O–H groups in total. The second kappa shape index (κ2) is 7.92. The maximum absolute atomic E-state index is 12.0. The Balaban J connectivity index is 0.00000220. The summed E-state index contributed by atoms with van der Waals surface area (Å²) in [4.78, 5) is 39.4. The maximum atomic E-state index is 12.0. The van der Waals surface area contributed by atoms with Gasteiger partial charge in [0.1, 0.15) is 5.65 Å². The molecule has 0 aliphatic heterocycles. The Kier molecular flexibility index (Phi) is 7.24. The number of nitrogens with one attached hydrogen (secondary N) is 2.